The maximum Gasteiger partial charge on any atom is 0.161 e. The van der Waals surface area contributed by atoms with Crippen LogP contribution in [0.25, 0.3) is 0 Å². The fourth-order valence-corrected chi connectivity index (χ4v) is 2.60. The van der Waals surface area contributed by atoms with Crippen molar-refractivity contribution in [3.8, 4) is 11.5 Å². The molecule has 2 rings (SSSR count). The van der Waals surface area contributed by atoms with Gasteiger partial charge < -0.3 is 20.4 Å². The molecule has 1 aliphatic rings. The van der Waals surface area contributed by atoms with E-state index in [1.165, 1.54) is 0 Å². The molecule has 0 spiro atoms. The molecule has 1 atom stereocenters. The maximum atomic E-state index is 8.76. The summed E-state index contributed by atoms with van der Waals surface area (Å²) in [4.78, 5) is 2.28. The Morgan fingerprint density at radius 3 is 2.90 bits per heavy atom. The summed E-state index contributed by atoms with van der Waals surface area (Å²) in [6.07, 6.45) is 2.02. The van der Waals surface area contributed by atoms with Crippen LogP contribution in [0.5, 0.6) is 11.5 Å². The van der Waals surface area contributed by atoms with E-state index in [2.05, 4.69) is 10.1 Å². The standard InChI is InChI=1S/C15H23N3O3/c1-20-13-6-2-3-7-14(13)21-10-9-18-8-4-5-12(11-18)15(16)17-19/h2-3,6-7,12,19H,4-5,8-11H2,1H3,(H2,16,17). The molecule has 1 fully saturated rings. The average Bonchev–Trinajstić information content (AvgIpc) is 2.55. The van der Waals surface area contributed by atoms with E-state index in [0.717, 1.165) is 44.0 Å². The molecule has 0 bridgehead atoms. The first-order valence-electron chi connectivity index (χ1n) is 7.20. The number of benzene rings is 1. The van der Waals surface area contributed by atoms with E-state index in [1.807, 2.05) is 24.3 Å². The average molecular weight is 293 g/mol. The highest BCUT2D eigenvalue weighted by Crippen LogP contribution is 2.25. The highest BCUT2D eigenvalue weighted by atomic mass is 16.5. The summed E-state index contributed by atoms with van der Waals surface area (Å²) in [7, 11) is 1.63. The van der Waals surface area contributed by atoms with E-state index < -0.39 is 0 Å². The summed E-state index contributed by atoms with van der Waals surface area (Å²) in [5.74, 6) is 1.95. The van der Waals surface area contributed by atoms with Crippen molar-refractivity contribution in [2.24, 2.45) is 16.8 Å². The normalized spacial score (nSPS) is 20.2. The van der Waals surface area contributed by atoms with Crippen molar-refractivity contribution in [1.29, 1.82) is 0 Å². The molecule has 1 unspecified atom stereocenters. The number of nitrogens with zero attached hydrogens (tertiary/aromatic N) is 2. The van der Waals surface area contributed by atoms with Crippen LogP contribution in [0.1, 0.15) is 12.8 Å². The Morgan fingerprint density at radius 2 is 2.19 bits per heavy atom. The number of hydrogen-bond acceptors (Lipinski definition) is 5. The number of amidine groups is 1. The molecule has 21 heavy (non-hydrogen) atoms. The molecule has 0 aliphatic carbocycles. The molecule has 3 N–H and O–H groups in total. The third-order valence-electron chi connectivity index (χ3n) is 3.77. The predicted octanol–water partition coefficient (Wildman–Crippen LogP) is 1.53. The SMILES string of the molecule is COc1ccccc1OCCN1CCCC(C(N)=NO)C1. The largest absolute Gasteiger partial charge is 0.493 e. The molecule has 0 aromatic heterocycles. The Bertz CT molecular complexity index is 479. The summed E-state index contributed by atoms with van der Waals surface area (Å²) in [5.41, 5.74) is 5.69. The molecule has 0 amide bonds. The molecular formula is C15H23N3O3. The van der Waals surface area contributed by atoms with Crippen LogP contribution >= 0.6 is 0 Å². The maximum absolute atomic E-state index is 8.76. The summed E-state index contributed by atoms with van der Waals surface area (Å²) in [6.45, 7) is 3.23. The molecule has 0 radical (unpaired) electrons. The van der Waals surface area contributed by atoms with Gasteiger partial charge >= 0.3 is 0 Å². The number of piperidine rings is 1. The van der Waals surface area contributed by atoms with Crippen molar-refractivity contribution >= 4 is 5.84 Å². The van der Waals surface area contributed by atoms with E-state index in [0.29, 0.717) is 12.4 Å². The smallest absolute Gasteiger partial charge is 0.161 e. The van der Waals surface area contributed by atoms with E-state index >= 15 is 0 Å². The van der Waals surface area contributed by atoms with Gasteiger partial charge in [-0.3, -0.25) is 4.90 Å². The van der Waals surface area contributed by atoms with E-state index in [4.69, 9.17) is 20.4 Å². The Labute approximate surface area is 125 Å². The molecule has 116 valence electrons. The molecule has 0 saturated carbocycles. The minimum Gasteiger partial charge on any atom is -0.493 e. The zero-order chi connectivity index (χ0) is 15.1. The number of likely N-dealkylation sites (tertiary alicyclic amines) is 1. The molecule has 6 heteroatoms. The van der Waals surface area contributed by atoms with Crippen molar-refractivity contribution in [3.63, 3.8) is 0 Å². The fraction of sp³-hybridized carbons (Fsp3) is 0.533. The second-order valence-electron chi connectivity index (χ2n) is 5.16. The van der Waals surface area contributed by atoms with Crippen LogP contribution in [0.4, 0.5) is 0 Å². The topological polar surface area (TPSA) is 80.3 Å². The van der Waals surface area contributed by atoms with Gasteiger partial charge in [-0.25, -0.2) is 0 Å². The second kappa shape index (κ2) is 7.73. The number of nitrogens with two attached hydrogens (primary N) is 1. The second-order valence-corrected chi connectivity index (χ2v) is 5.16. The third kappa shape index (κ3) is 4.26. The van der Waals surface area contributed by atoms with E-state index in [-0.39, 0.29) is 5.92 Å². The highest BCUT2D eigenvalue weighted by molar-refractivity contribution is 5.82. The molecule has 1 saturated heterocycles. The summed E-state index contributed by atoms with van der Waals surface area (Å²) >= 11 is 0. The Kier molecular flexibility index (Phi) is 5.68. The van der Waals surface area contributed by atoms with Crippen LogP contribution in [-0.4, -0.2) is 49.3 Å². The molecule has 1 aliphatic heterocycles. The quantitative estimate of drug-likeness (QED) is 0.360. The zero-order valence-corrected chi connectivity index (χ0v) is 12.4. The van der Waals surface area contributed by atoms with Gasteiger partial charge in [-0.2, -0.15) is 0 Å². The summed E-state index contributed by atoms with van der Waals surface area (Å²) < 4.78 is 11.0. The van der Waals surface area contributed by atoms with Crippen LogP contribution in [-0.2, 0) is 0 Å². The van der Waals surface area contributed by atoms with Crippen LogP contribution in [0.3, 0.4) is 0 Å². The Morgan fingerprint density at radius 1 is 1.43 bits per heavy atom. The van der Waals surface area contributed by atoms with E-state index in [9.17, 15) is 0 Å². The number of methoxy groups -OCH3 is 1. The fourth-order valence-electron chi connectivity index (χ4n) is 2.60. The molecule has 1 aromatic carbocycles. The van der Waals surface area contributed by atoms with Crippen molar-refractivity contribution in [1.82, 2.24) is 4.90 Å². The summed E-state index contributed by atoms with van der Waals surface area (Å²) in [6, 6.07) is 7.62. The van der Waals surface area contributed by atoms with E-state index in [1.54, 1.807) is 7.11 Å². The first kappa shape index (κ1) is 15.4. The van der Waals surface area contributed by atoms with Gasteiger partial charge in [-0.1, -0.05) is 17.3 Å². The van der Waals surface area contributed by atoms with Crippen molar-refractivity contribution in [2.45, 2.75) is 12.8 Å². The van der Waals surface area contributed by atoms with Gasteiger partial charge in [-0.15, -0.1) is 0 Å². The minimum absolute atomic E-state index is 0.134. The van der Waals surface area contributed by atoms with Gasteiger partial charge in [0.2, 0.25) is 0 Å². The van der Waals surface area contributed by atoms with Crippen molar-refractivity contribution in [3.05, 3.63) is 24.3 Å². The molecule has 6 nitrogen and oxygen atoms in total. The lowest BCUT2D eigenvalue weighted by molar-refractivity contribution is 0.163. The summed E-state index contributed by atoms with van der Waals surface area (Å²) in [5, 5.41) is 11.9. The Hall–Kier alpha value is -1.95. The van der Waals surface area contributed by atoms with Gasteiger partial charge in [0.1, 0.15) is 12.4 Å². The van der Waals surface area contributed by atoms with Crippen molar-refractivity contribution in [2.75, 3.05) is 33.4 Å². The minimum atomic E-state index is 0.134. The van der Waals surface area contributed by atoms with Crippen LogP contribution in [0.2, 0.25) is 0 Å². The van der Waals surface area contributed by atoms with Gasteiger partial charge in [0.15, 0.2) is 11.5 Å². The van der Waals surface area contributed by atoms with Crippen LogP contribution in [0.15, 0.2) is 29.4 Å². The molecule has 1 heterocycles. The van der Waals surface area contributed by atoms with Crippen LogP contribution < -0.4 is 15.2 Å². The van der Waals surface area contributed by atoms with Crippen LogP contribution in [0, 0.1) is 5.92 Å². The van der Waals surface area contributed by atoms with Gasteiger partial charge in [0.25, 0.3) is 0 Å². The highest BCUT2D eigenvalue weighted by Gasteiger charge is 2.22. The number of oxime groups is 1. The van der Waals surface area contributed by atoms with Gasteiger partial charge in [0, 0.05) is 19.0 Å². The molecular weight excluding hydrogens is 270 g/mol. The predicted molar refractivity (Wildman–Crippen MR) is 81.1 cm³/mol. The monoisotopic (exact) mass is 293 g/mol. The lowest BCUT2D eigenvalue weighted by Gasteiger charge is -2.31. The number of para-hydroxylation sites is 2. The van der Waals surface area contributed by atoms with Gasteiger partial charge in [0.05, 0.1) is 7.11 Å². The Balaban J connectivity index is 1.80. The molecule has 1 aromatic rings. The zero-order valence-electron chi connectivity index (χ0n) is 12.4. The first-order chi connectivity index (χ1) is 10.2. The third-order valence-corrected chi connectivity index (χ3v) is 3.77. The number of ether oxygens (including phenoxy) is 2. The number of hydrogen-bond donors (Lipinski definition) is 2. The number of rotatable bonds is 6. The lowest BCUT2D eigenvalue weighted by Crippen LogP contribution is -2.42. The lowest BCUT2D eigenvalue weighted by atomic mass is 9.97. The first-order valence-corrected chi connectivity index (χ1v) is 7.20. The van der Waals surface area contributed by atoms with Crippen molar-refractivity contribution < 1.29 is 14.7 Å². The van der Waals surface area contributed by atoms with Gasteiger partial charge in [-0.05, 0) is 31.5 Å².